The molecule has 0 bridgehead atoms. The fourth-order valence-corrected chi connectivity index (χ4v) is 1.59. The van der Waals surface area contributed by atoms with Crippen molar-refractivity contribution in [1.82, 2.24) is 5.32 Å². The van der Waals surface area contributed by atoms with Gasteiger partial charge in [-0.05, 0) is 39.7 Å². The zero-order valence-electron chi connectivity index (χ0n) is 14.6. The molecule has 0 aromatic rings. The highest BCUT2D eigenvalue weighted by atomic mass is 16.5. The molecule has 0 saturated carbocycles. The molecule has 1 amide bonds. The van der Waals surface area contributed by atoms with E-state index in [4.69, 9.17) is 14.9 Å². The van der Waals surface area contributed by atoms with E-state index in [0.717, 1.165) is 5.57 Å². The van der Waals surface area contributed by atoms with Crippen LogP contribution in [0.3, 0.4) is 0 Å². The lowest BCUT2D eigenvalue weighted by Crippen LogP contribution is -2.50. The van der Waals surface area contributed by atoms with Gasteiger partial charge in [0.25, 0.3) is 0 Å². The average molecular weight is 312 g/mol. The van der Waals surface area contributed by atoms with E-state index in [1.165, 1.54) is 7.11 Å². The summed E-state index contributed by atoms with van der Waals surface area (Å²) in [6.45, 7) is 10.8. The number of carbonyl (C=O) groups excluding carboxylic acids is 2. The Morgan fingerprint density at radius 2 is 1.82 bits per heavy atom. The normalized spacial score (nSPS) is 12.4. The van der Waals surface area contributed by atoms with Gasteiger partial charge >= 0.3 is 5.97 Å². The second-order valence-electron chi connectivity index (χ2n) is 6.48. The van der Waals surface area contributed by atoms with Crippen molar-refractivity contribution >= 4 is 17.8 Å². The van der Waals surface area contributed by atoms with Crippen LogP contribution in [0.25, 0.3) is 0 Å². The summed E-state index contributed by atoms with van der Waals surface area (Å²) >= 11 is 0. The highest BCUT2D eigenvalue weighted by Gasteiger charge is 2.34. The number of rotatable bonds is 7. The maximum Gasteiger partial charge on any atom is 0.328 e. The lowest BCUT2D eigenvalue weighted by Gasteiger charge is -2.27. The van der Waals surface area contributed by atoms with Crippen molar-refractivity contribution in [3.05, 3.63) is 11.6 Å². The number of ether oxygens (including phenoxy) is 2. The number of hydrogen-bond acceptors (Lipinski definition) is 5. The van der Waals surface area contributed by atoms with E-state index in [-0.39, 0.29) is 24.3 Å². The summed E-state index contributed by atoms with van der Waals surface area (Å²) < 4.78 is 10.00. The first-order valence-electron chi connectivity index (χ1n) is 7.26. The van der Waals surface area contributed by atoms with Crippen LogP contribution in [0.15, 0.2) is 11.6 Å². The van der Waals surface area contributed by atoms with Crippen molar-refractivity contribution in [3.8, 4) is 0 Å². The van der Waals surface area contributed by atoms with Gasteiger partial charge in [0.05, 0.1) is 12.5 Å². The monoisotopic (exact) mass is 312 g/mol. The molecule has 6 nitrogen and oxygen atoms in total. The summed E-state index contributed by atoms with van der Waals surface area (Å²) in [5, 5.41) is 10.3. The van der Waals surface area contributed by atoms with Gasteiger partial charge in [-0.15, -0.1) is 0 Å². The first-order valence-corrected chi connectivity index (χ1v) is 7.26. The van der Waals surface area contributed by atoms with Crippen LogP contribution in [-0.4, -0.2) is 37.5 Å². The third-order valence-corrected chi connectivity index (χ3v) is 3.03. The Morgan fingerprint density at radius 3 is 2.23 bits per heavy atom. The smallest absolute Gasteiger partial charge is 0.328 e. The molecular weight excluding hydrogens is 284 g/mol. The molecule has 0 rings (SSSR count). The third kappa shape index (κ3) is 6.74. The summed E-state index contributed by atoms with van der Waals surface area (Å²) in [4.78, 5) is 24.0. The van der Waals surface area contributed by atoms with E-state index in [1.54, 1.807) is 19.9 Å². The van der Waals surface area contributed by atoms with Gasteiger partial charge in [-0.1, -0.05) is 19.4 Å². The predicted molar refractivity (Wildman–Crippen MR) is 85.7 cm³/mol. The molecule has 0 aliphatic rings. The minimum Gasteiger partial charge on any atom is -0.477 e. The van der Waals surface area contributed by atoms with Gasteiger partial charge in [0, 0.05) is 0 Å². The van der Waals surface area contributed by atoms with Crippen molar-refractivity contribution in [1.29, 1.82) is 5.41 Å². The van der Waals surface area contributed by atoms with Gasteiger partial charge in [-0.3, -0.25) is 10.2 Å². The molecule has 22 heavy (non-hydrogen) atoms. The standard InChI is InChI=1S/C16H28N2O4/c1-10(2)8-12(17)22-9-16(5,6)15(20)18-13(11(3)4)14(19)21-7/h8,11,13,17H,9H2,1-7H3,(H,18,20)/t13-/m0/s1. The minimum absolute atomic E-state index is 0.00857. The molecule has 1 atom stereocenters. The summed E-state index contributed by atoms with van der Waals surface area (Å²) in [6.07, 6.45) is 1.58. The van der Waals surface area contributed by atoms with Crippen molar-refractivity contribution < 1.29 is 19.1 Å². The fraction of sp³-hybridized carbons (Fsp3) is 0.688. The number of hydrogen-bond donors (Lipinski definition) is 2. The summed E-state index contributed by atoms with van der Waals surface area (Å²) in [5.74, 6) is -0.870. The quantitative estimate of drug-likeness (QED) is 0.429. The van der Waals surface area contributed by atoms with Crippen LogP contribution in [0.5, 0.6) is 0 Å². The molecule has 2 N–H and O–H groups in total. The largest absolute Gasteiger partial charge is 0.477 e. The molecular formula is C16H28N2O4. The van der Waals surface area contributed by atoms with Crippen LogP contribution >= 0.6 is 0 Å². The van der Waals surface area contributed by atoms with Gasteiger partial charge in [0.15, 0.2) is 0 Å². The second-order valence-corrected chi connectivity index (χ2v) is 6.48. The lowest BCUT2D eigenvalue weighted by molar-refractivity contribution is -0.148. The third-order valence-electron chi connectivity index (χ3n) is 3.03. The van der Waals surface area contributed by atoms with Crippen LogP contribution in [0.1, 0.15) is 41.5 Å². The molecule has 0 saturated heterocycles. The van der Waals surface area contributed by atoms with Crippen LogP contribution in [0.4, 0.5) is 0 Å². The summed E-state index contributed by atoms with van der Waals surface area (Å²) in [6, 6.07) is -0.700. The van der Waals surface area contributed by atoms with Gasteiger partial charge in [-0.25, -0.2) is 4.79 Å². The molecule has 0 heterocycles. The van der Waals surface area contributed by atoms with Gasteiger partial charge in [0.2, 0.25) is 11.8 Å². The molecule has 0 aromatic heterocycles. The van der Waals surface area contributed by atoms with E-state index < -0.39 is 17.4 Å². The number of methoxy groups -OCH3 is 1. The van der Waals surface area contributed by atoms with E-state index >= 15 is 0 Å². The molecule has 0 aliphatic heterocycles. The number of allylic oxidation sites excluding steroid dienone is 1. The van der Waals surface area contributed by atoms with E-state index in [9.17, 15) is 9.59 Å². The lowest BCUT2D eigenvalue weighted by atomic mass is 9.92. The first kappa shape index (κ1) is 20.1. The molecule has 6 heteroatoms. The van der Waals surface area contributed by atoms with Crippen molar-refractivity contribution in [3.63, 3.8) is 0 Å². The highest BCUT2D eigenvalue weighted by Crippen LogP contribution is 2.17. The Balaban J connectivity index is 4.76. The van der Waals surface area contributed by atoms with E-state index in [1.807, 2.05) is 27.7 Å². The molecule has 0 aliphatic carbocycles. The van der Waals surface area contributed by atoms with Crippen molar-refractivity contribution in [2.24, 2.45) is 11.3 Å². The molecule has 126 valence electrons. The summed E-state index contributed by atoms with van der Waals surface area (Å²) in [5.41, 5.74) is 0.0704. The summed E-state index contributed by atoms with van der Waals surface area (Å²) in [7, 11) is 1.29. The molecule has 0 radical (unpaired) electrons. The van der Waals surface area contributed by atoms with Gasteiger partial charge < -0.3 is 14.8 Å². The zero-order valence-corrected chi connectivity index (χ0v) is 14.6. The van der Waals surface area contributed by atoms with Crippen LogP contribution in [0.2, 0.25) is 0 Å². The highest BCUT2D eigenvalue weighted by molar-refractivity contribution is 5.89. The second kappa shape index (κ2) is 8.56. The number of nitrogens with one attached hydrogen (secondary N) is 2. The Bertz CT molecular complexity index is 449. The minimum atomic E-state index is -0.872. The van der Waals surface area contributed by atoms with E-state index in [0.29, 0.717) is 0 Å². The predicted octanol–water partition coefficient (Wildman–Crippen LogP) is 2.29. The fourth-order valence-electron chi connectivity index (χ4n) is 1.59. The van der Waals surface area contributed by atoms with Crippen LogP contribution in [-0.2, 0) is 19.1 Å². The average Bonchev–Trinajstić information content (AvgIpc) is 2.40. The Morgan fingerprint density at radius 1 is 1.27 bits per heavy atom. The number of amides is 1. The van der Waals surface area contributed by atoms with Crippen molar-refractivity contribution in [2.45, 2.75) is 47.6 Å². The molecule has 0 spiro atoms. The van der Waals surface area contributed by atoms with Crippen LogP contribution in [0, 0.1) is 16.7 Å². The Hall–Kier alpha value is -1.85. The maximum atomic E-state index is 12.3. The SMILES string of the molecule is COC(=O)[C@@H](NC(=O)C(C)(C)COC(=N)C=C(C)C)C(C)C. The first-order chi connectivity index (χ1) is 10.0. The molecule has 0 fully saturated rings. The van der Waals surface area contributed by atoms with Crippen molar-refractivity contribution in [2.75, 3.05) is 13.7 Å². The number of esters is 1. The molecule has 0 unspecified atom stereocenters. The van der Waals surface area contributed by atoms with E-state index in [2.05, 4.69) is 5.32 Å². The number of carbonyl (C=O) groups is 2. The van der Waals surface area contributed by atoms with Gasteiger partial charge in [-0.2, -0.15) is 0 Å². The Labute approximate surface area is 132 Å². The maximum absolute atomic E-state index is 12.3. The Kier molecular flexibility index (Phi) is 7.84. The zero-order chi connectivity index (χ0) is 17.5. The topological polar surface area (TPSA) is 88.5 Å². The molecule has 0 aromatic carbocycles. The van der Waals surface area contributed by atoms with Gasteiger partial charge in [0.1, 0.15) is 12.6 Å². The van der Waals surface area contributed by atoms with Crippen LogP contribution < -0.4 is 5.32 Å².